The van der Waals surface area contributed by atoms with Crippen LogP contribution in [0, 0.1) is 25.2 Å². The Morgan fingerprint density at radius 1 is 1.39 bits per heavy atom. The first-order valence-corrected chi connectivity index (χ1v) is 7.45. The molecule has 0 unspecified atom stereocenters. The summed E-state index contributed by atoms with van der Waals surface area (Å²) in [4.78, 5) is 16.3. The number of amides is 1. The molecule has 0 aliphatic carbocycles. The maximum Gasteiger partial charge on any atom is 0.260 e. The minimum Gasteiger partial charge on any atom is -0.461 e. The van der Waals surface area contributed by atoms with E-state index in [-0.39, 0.29) is 21.9 Å². The second-order valence-corrected chi connectivity index (χ2v) is 6.10. The molecule has 0 saturated carbocycles. The van der Waals surface area contributed by atoms with Gasteiger partial charge in [0.15, 0.2) is 0 Å². The number of carbonyl (C=O) groups excluding carboxylic acids is 1. The number of primary amides is 1. The number of aryl methyl sites for hydroxylation is 2. The average Bonchev–Trinajstić information content (AvgIpc) is 2.98. The van der Waals surface area contributed by atoms with Gasteiger partial charge in [0.05, 0.1) is 11.3 Å². The number of hydrogen-bond donors (Lipinski definition) is 3. The summed E-state index contributed by atoms with van der Waals surface area (Å²) in [5.41, 5.74) is 19.0. The van der Waals surface area contributed by atoms with Gasteiger partial charge < -0.3 is 21.6 Å². The zero-order chi connectivity index (χ0) is 16.9. The molecule has 0 saturated heterocycles. The van der Waals surface area contributed by atoms with Gasteiger partial charge >= 0.3 is 0 Å². The molecule has 0 radical (unpaired) electrons. The maximum atomic E-state index is 11.5. The number of thiophene rings is 1. The van der Waals surface area contributed by atoms with Crippen molar-refractivity contribution in [3.8, 4) is 17.4 Å². The Labute approximate surface area is 135 Å². The number of nitrogen functional groups attached to an aromatic ring is 2. The van der Waals surface area contributed by atoms with Crippen molar-refractivity contribution in [1.29, 1.82) is 5.26 Å². The normalized spacial score (nSPS) is 10.8. The Morgan fingerprint density at radius 2 is 2.09 bits per heavy atom. The largest absolute Gasteiger partial charge is 0.461 e. The Balaban J connectivity index is 2.51. The number of fused-ring (bicyclic) bond motifs is 1. The van der Waals surface area contributed by atoms with Crippen molar-refractivity contribution >= 4 is 39.0 Å². The van der Waals surface area contributed by atoms with Crippen LogP contribution in [0.1, 0.15) is 26.6 Å². The molecule has 1 amide bonds. The van der Waals surface area contributed by atoms with Gasteiger partial charge in [-0.2, -0.15) is 5.26 Å². The molecular formula is C15H13N5O2S. The van der Waals surface area contributed by atoms with E-state index in [2.05, 4.69) is 4.98 Å². The molecule has 116 valence electrons. The van der Waals surface area contributed by atoms with Crippen molar-refractivity contribution in [2.75, 3.05) is 11.5 Å². The van der Waals surface area contributed by atoms with Gasteiger partial charge in [-0.05, 0) is 25.5 Å². The highest BCUT2D eigenvalue weighted by Gasteiger charge is 2.25. The predicted octanol–water partition coefficient (Wildman–Crippen LogP) is 2.31. The van der Waals surface area contributed by atoms with Crippen LogP contribution in [0.15, 0.2) is 10.5 Å². The fourth-order valence-electron chi connectivity index (χ4n) is 2.41. The number of hydrogen-bond acceptors (Lipinski definition) is 7. The lowest BCUT2D eigenvalue weighted by atomic mass is 10.0. The lowest BCUT2D eigenvalue weighted by molar-refractivity contribution is 0.100. The first kappa shape index (κ1) is 14.9. The standard InChI is InChI=1S/C15H13N5O2S/c1-5-3-8(22-6(5)2)9-7(4-16)13(18)20-15-10(9)11(17)12(23-15)14(19)21/h3H,17H2,1-2H3,(H2,18,20)(H2,19,21). The molecule has 8 heteroatoms. The van der Waals surface area contributed by atoms with Crippen LogP contribution in [0.5, 0.6) is 0 Å². The summed E-state index contributed by atoms with van der Waals surface area (Å²) in [5, 5.41) is 9.92. The number of furan rings is 1. The third kappa shape index (κ3) is 2.10. The van der Waals surface area contributed by atoms with E-state index in [0.717, 1.165) is 22.7 Å². The summed E-state index contributed by atoms with van der Waals surface area (Å²) in [7, 11) is 0. The van der Waals surface area contributed by atoms with Crippen LogP contribution in [-0.2, 0) is 0 Å². The van der Waals surface area contributed by atoms with E-state index in [1.165, 1.54) is 0 Å². The quantitative estimate of drug-likeness (QED) is 0.658. The van der Waals surface area contributed by atoms with E-state index >= 15 is 0 Å². The number of anilines is 2. The number of aromatic nitrogens is 1. The lowest BCUT2D eigenvalue weighted by Crippen LogP contribution is -2.10. The summed E-state index contributed by atoms with van der Waals surface area (Å²) >= 11 is 1.04. The molecule has 0 atom stereocenters. The van der Waals surface area contributed by atoms with Gasteiger partial charge in [0.25, 0.3) is 5.91 Å². The molecular weight excluding hydrogens is 314 g/mol. The molecule has 7 nitrogen and oxygen atoms in total. The molecule has 0 aromatic carbocycles. The third-order valence-corrected chi connectivity index (χ3v) is 4.77. The second kappa shape index (κ2) is 5.00. The fraction of sp³-hybridized carbons (Fsp3) is 0.133. The molecule has 23 heavy (non-hydrogen) atoms. The number of nitrogens with zero attached hydrogens (tertiary/aromatic N) is 2. The van der Waals surface area contributed by atoms with Crippen LogP contribution in [0.4, 0.5) is 11.5 Å². The number of nitrogens with two attached hydrogens (primary N) is 3. The van der Waals surface area contributed by atoms with E-state index in [9.17, 15) is 10.1 Å². The summed E-state index contributed by atoms with van der Waals surface area (Å²) in [6.45, 7) is 3.71. The summed E-state index contributed by atoms with van der Waals surface area (Å²) in [6, 6.07) is 3.83. The molecule has 0 fully saturated rings. The molecule has 3 aromatic heterocycles. The first-order chi connectivity index (χ1) is 10.8. The highest BCUT2D eigenvalue weighted by molar-refractivity contribution is 7.21. The van der Waals surface area contributed by atoms with E-state index in [1.807, 2.05) is 19.9 Å². The van der Waals surface area contributed by atoms with Gasteiger partial charge in [0, 0.05) is 5.39 Å². The van der Waals surface area contributed by atoms with Gasteiger partial charge in [-0.3, -0.25) is 4.79 Å². The summed E-state index contributed by atoms with van der Waals surface area (Å²) in [5.74, 6) is 0.576. The van der Waals surface area contributed by atoms with E-state index < -0.39 is 5.91 Å². The Morgan fingerprint density at radius 3 is 2.61 bits per heavy atom. The van der Waals surface area contributed by atoms with Crippen LogP contribution < -0.4 is 17.2 Å². The van der Waals surface area contributed by atoms with Crippen LogP contribution in [0.25, 0.3) is 21.5 Å². The smallest absolute Gasteiger partial charge is 0.260 e. The molecule has 0 spiro atoms. The van der Waals surface area contributed by atoms with Gasteiger partial charge in [-0.25, -0.2) is 4.98 Å². The average molecular weight is 327 g/mol. The van der Waals surface area contributed by atoms with Crippen molar-refractivity contribution in [1.82, 2.24) is 4.98 Å². The molecule has 3 heterocycles. The van der Waals surface area contributed by atoms with Crippen molar-refractivity contribution in [3.63, 3.8) is 0 Å². The third-order valence-electron chi connectivity index (χ3n) is 3.65. The van der Waals surface area contributed by atoms with Crippen LogP contribution in [0.2, 0.25) is 0 Å². The van der Waals surface area contributed by atoms with Gasteiger partial charge in [-0.1, -0.05) is 0 Å². The molecule has 0 aliphatic heterocycles. The molecule has 0 aliphatic rings. The van der Waals surface area contributed by atoms with Crippen LogP contribution >= 0.6 is 11.3 Å². The van der Waals surface area contributed by atoms with Crippen molar-refractivity contribution in [3.05, 3.63) is 27.8 Å². The molecule has 6 N–H and O–H groups in total. The van der Waals surface area contributed by atoms with Gasteiger partial charge in [-0.15, -0.1) is 11.3 Å². The first-order valence-electron chi connectivity index (χ1n) is 6.63. The minimum absolute atomic E-state index is 0.0546. The number of nitriles is 1. The molecule has 0 bridgehead atoms. The minimum atomic E-state index is -0.652. The van der Waals surface area contributed by atoms with Crippen LogP contribution in [0.3, 0.4) is 0 Å². The Hall–Kier alpha value is -3.05. The monoisotopic (exact) mass is 327 g/mol. The van der Waals surface area contributed by atoms with Crippen molar-refractivity contribution < 1.29 is 9.21 Å². The van der Waals surface area contributed by atoms with E-state index in [4.69, 9.17) is 21.6 Å². The highest BCUT2D eigenvalue weighted by atomic mass is 32.1. The number of pyridine rings is 1. The Bertz CT molecular complexity index is 990. The van der Waals surface area contributed by atoms with Crippen molar-refractivity contribution in [2.45, 2.75) is 13.8 Å². The Kier molecular flexibility index (Phi) is 3.23. The topological polar surface area (TPSA) is 145 Å². The lowest BCUT2D eigenvalue weighted by Gasteiger charge is -2.06. The molecule has 3 aromatic rings. The zero-order valence-electron chi connectivity index (χ0n) is 12.4. The molecule has 3 rings (SSSR count). The summed E-state index contributed by atoms with van der Waals surface area (Å²) < 4.78 is 5.73. The highest BCUT2D eigenvalue weighted by Crippen LogP contribution is 2.43. The van der Waals surface area contributed by atoms with Crippen LogP contribution in [-0.4, -0.2) is 10.9 Å². The second-order valence-electron chi connectivity index (χ2n) is 5.10. The fourth-order valence-corrected chi connectivity index (χ4v) is 3.37. The van der Waals surface area contributed by atoms with E-state index in [0.29, 0.717) is 21.5 Å². The van der Waals surface area contributed by atoms with Gasteiger partial charge in [0.2, 0.25) is 0 Å². The predicted molar refractivity (Wildman–Crippen MR) is 88.9 cm³/mol. The van der Waals surface area contributed by atoms with Gasteiger partial charge in [0.1, 0.15) is 38.7 Å². The zero-order valence-corrected chi connectivity index (χ0v) is 13.2. The SMILES string of the molecule is Cc1cc(-c2c(C#N)c(N)nc3sc(C(N)=O)c(N)c23)oc1C. The van der Waals surface area contributed by atoms with Crippen molar-refractivity contribution in [2.24, 2.45) is 5.73 Å². The number of carbonyl (C=O) groups is 1. The maximum absolute atomic E-state index is 11.5. The summed E-state index contributed by atoms with van der Waals surface area (Å²) in [6.07, 6.45) is 0. The number of rotatable bonds is 2. The van der Waals surface area contributed by atoms with E-state index in [1.54, 1.807) is 6.07 Å².